The van der Waals surface area contributed by atoms with Gasteiger partial charge in [-0.15, -0.1) is 0 Å². The second kappa shape index (κ2) is 5.65. The van der Waals surface area contributed by atoms with Gasteiger partial charge in [0.1, 0.15) is 23.2 Å². The van der Waals surface area contributed by atoms with Gasteiger partial charge in [-0.1, -0.05) is 12.1 Å². The molecule has 0 bridgehead atoms. The number of amides is 1. The van der Waals surface area contributed by atoms with E-state index in [9.17, 15) is 4.79 Å². The SMILES string of the molecule is COc1cccc(NC(=O)c2cccc(C#N)n2)c1. The summed E-state index contributed by atoms with van der Waals surface area (Å²) >= 11 is 0. The first-order valence-electron chi connectivity index (χ1n) is 5.55. The molecule has 1 amide bonds. The maximum absolute atomic E-state index is 12.0. The van der Waals surface area contributed by atoms with Gasteiger partial charge < -0.3 is 10.1 Å². The fourth-order valence-corrected chi connectivity index (χ4v) is 1.52. The van der Waals surface area contributed by atoms with E-state index < -0.39 is 0 Å². The molecular weight excluding hydrogens is 242 g/mol. The lowest BCUT2D eigenvalue weighted by atomic mass is 10.2. The van der Waals surface area contributed by atoms with E-state index in [-0.39, 0.29) is 17.3 Å². The Hall–Kier alpha value is -2.87. The Morgan fingerprint density at radius 2 is 2.11 bits per heavy atom. The second-order valence-electron chi connectivity index (χ2n) is 3.71. The van der Waals surface area contributed by atoms with Crippen LogP contribution in [0.15, 0.2) is 42.5 Å². The first-order chi connectivity index (χ1) is 9.22. The van der Waals surface area contributed by atoms with Crippen LogP contribution in [-0.4, -0.2) is 18.0 Å². The van der Waals surface area contributed by atoms with Gasteiger partial charge in [-0.3, -0.25) is 4.79 Å². The van der Waals surface area contributed by atoms with Crippen LogP contribution in [-0.2, 0) is 0 Å². The molecule has 0 aliphatic carbocycles. The van der Waals surface area contributed by atoms with Gasteiger partial charge in [-0.25, -0.2) is 4.98 Å². The standard InChI is InChI=1S/C14H11N3O2/c1-19-12-6-2-4-10(8-12)17-14(18)13-7-3-5-11(9-15)16-13/h2-8H,1H3,(H,17,18). The molecule has 0 aliphatic rings. The largest absolute Gasteiger partial charge is 0.497 e. The zero-order valence-electron chi connectivity index (χ0n) is 10.3. The molecule has 2 aromatic rings. The minimum absolute atomic E-state index is 0.196. The van der Waals surface area contributed by atoms with Crippen molar-refractivity contribution in [2.75, 3.05) is 12.4 Å². The topological polar surface area (TPSA) is 75.0 Å². The zero-order chi connectivity index (χ0) is 13.7. The summed E-state index contributed by atoms with van der Waals surface area (Å²) in [5.74, 6) is 0.280. The van der Waals surface area contributed by atoms with Crippen molar-refractivity contribution in [2.45, 2.75) is 0 Å². The van der Waals surface area contributed by atoms with E-state index in [1.54, 1.807) is 49.6 Å². The van der Waals surface area contributed by atoms with Gasteiger partial charge in [0.15, 0.2) is 0 Å². The van der Waals surface area contributed by atoms with Gasteiger partial charge in [0.05, 0.1) is 7.11 Å². The van der Waals surface area contributed by atoms with Gasteiger partial charge in [0, 0.05) is 11.8 Å². The van der Waals surface area contributed by atoms with E-state index >= 15 is 0 Å². The summed E-state index contributed by atoms with van der Waals surface area (Å²) in [7, 11) is 1.55. The summed E-state index contributed by atoms with van der Waals surface area (Å²) in [6.07, 6.45) is 0. The molecule has 0 fully saturated rings. The molecule has 0 spiro atoms. The van der Waals surface area contributed by atoms with Crippen molar-refractivity contribution in [1.82, 2.24) is 4.98 Å². The fourth-order valence-electron chi connectivity index (χ4n) is 1.52. The average Bonchev–Trinajstić information content (AvgIpc) is 2.47. The molecule has 5 heteroatoms. The Labute approximate surface area is 110 Å². The van der Waals surface area contributed by atoms with Crippen LogP contribution in [0.4, 0.5) is 5.69 Å². The molecule has 0 atom stereocenters. The molecule has 19 heavy (non-hydrogen) atoms. The van der Waals surface area contributed by atoms with Crippen molar-refractivity contribution in [2.24, 2.45) is 0 Å². The Balaban J connectivity index is 2.18. The number of hydrogen-bond donors (Lipinski definition) is 1. The molecule has 1 aromatic carbocycles. The minimum atomic E-state index is -0.370. The number of carbonyl (C=O) groups excluding carboxylic acids is 1. The third-order valence-corrected chi connectivity index (χ3v) is 2.42. The number of nitriles is 1. The number of benzene rings is 1. The summed E-state index contributed by atoms with van der Waals surface area (Å²) in [6, 6.07) is 13.6. The first-order valence-corrected chi connectivity index (χ1v) is 5.55. The number of carbonyl (C=O) groups is 1. The normalized spacial score (nSPS) is 9.47. The van der Waals surface area contributed by atoms with Crippen LogP contribution < -0.4 is 10.1 Å². The van der Waals surface area contributed by atoms with E-state index in [0.717, 1.165) is 0 Å². The zero-order valence-corrected chi connectivity index (χ0v) is 10.3. The molecule has 0 aliphatic heterocycles. The number of rotatable bonds is 3. The molecule has 94 valence electrons. The Morgan fingerprint density at radius 3 is 2.84 bits per heavy atom. The third kappa shape index (κ3) is 3.07. The second-order valence-corrected chi connectivity index (χ2v) is 3.71. The van der Waals surface area contributed by atoms with E-state index in [0.29, 0.717) is 11.4 Å². The van der Waals surface area contributed by atoms with Gasteiger partial charge in [0.2, 0.25) is 0 Å². The summed E-state index contributed by atoms with van der Waals surface area (Å²) in [6.45, 7) is 0. The number of nitrogens with zero attached hydrogens (tertiary/aromatic N) is 2. The molecule has 5 nitrogen and oxygen atoms in total. The van der Waals surface area contributed by atoms with Crippen LogP contribution in [0.5, 0.6) is 5.75 Å². The van der Waals surface area contributed by atoms with E-state index in [2.05, 4.69) is 10.3 Å². The predicted molar refractivity (Wildman–Crippen MR) is 69.9 cm³/mol. The highest BCUT2D eigenvalue weighted by atomic mass is 16.5. The molecule has 0 saturated carbocycles. The molecule has 1 heterocycles. The van der Waals surface area contributed by atoms with Gasteiger partial charge in [0.25, 0.3) is 5.91 Å². The number of nitrogens with one attached hydrogen (secondary N) is 1. The number of hydrogen-bond acceptors (Lipinski definition) is 4. The van der Waals surface area contributed by atoms with Crippen molar-refractivity contribution in [3.8, 4) is 11.8 Å². The lowest BCUT2D eigenvalue weighted by molar-refractivity contribution is 0.102. The van der Waals surface area contributed by atoms with E-state index in [4.69, 9.17) is 10.00 Å². The molecular formula is C14H11N3O2. The Morgan fingerprint density at radius 1 is 1.32 bits per heavy atom. The lowest BCUT2D eigenvalue weighted by Gasteiger charge is -2.06. The molecule has 2 rings (SSSR count). The summed E-state index contributed by atoms with van der Waals surface area (Å²) in [5, 5.41) is 11.4. The maximum atomic E-state index is 12.0. The summed E-state index contributed by atoms with van der Waals surface area (Å²) in [5.41, 5.74) is 1.01. The van der Waals surface area contributed by atoms with Crippen LogP contribution in [0.3, 0.4) is 0 Å². The number of aromatic nitrogens is 1. The van der Waals surface area contributed by atoms with Crippen molar-refractivity contribution in [3.63, 3.8) is 0 Å². The van der Waals surface area contributed by atoms with Gasteiger partial charge in [-0.05, 0) is 24.3 Å². The smallest absolute Gasteiger partial charge is 0.274 e. The van der Waals surface area contributed by atoms with Crippen LogP contribution in [0.25, 0.3) is 0 Å². The average molecular weight is 253 g/mol. The fraction of sp³-hybridized carbons (Fsp3) is 0.0714. The molecule has 0 radical (unpaired) electrons. The monoisotopic (exact) mass is 253 g/mol. The molecule has 0 unspecified atom stereocenters. The Kier molecular flexibility index (Phi) is 3.74. The highest BCUT2D eigenvalue weighted by Crippen LogP contribution is 2.17. The quantitative estimate of drug-likeness (QED) is 0.910. The number of methoxy groups -OCH3 is 1. The van der Waals surface area contributed by atoms with Crippen LogP contribution in [0.1, 0.15) is 16.2 Å². The number of ether oxygens (including phenoxy) is 1. The van der Waals surface area contributed by atoms with Crippen LogP contribution in [0, 0.1) is 11.3 Å². The van der Waals surface area contributed by atoms with Crippen molar-refractivity contribution in [1.29, 1.82) is 5.26 Å². The number of anilines is 1. The predicted octanol–water partition coefficient (Wildman–Crippen LogP) is 2.21. The van der Waals surface area contributed by atoms with E-state index in [1.165, 1.54) is 0 Å². The molecule has 1 N–H and O–H groups in total. The van der Waals surface area contributed by atoms with Crippen molar-refractivity contribution >= 4 is 11.6 Å². The van der Waals surface area contributed by atoms with Gasteiger partial charge in [-0.2, -0.15) is 5.26 Å². The molecule has 1 aromatic heterocycles. The minimum Gasteiger partial charge on any atom is -0.497 e. The highest BCUT2D eigenvalue weighted by Gasteiger charge is 2.08. The first kappa shape index (κ1) is 12.6. The van der Waals surface area contributed by atoms with Crippen LogP contribution in [0.2, 0.25) is 0 Å². The summed E-state index contributed by atoms with van der Waals surface area (Å²) < 4.78 is 5.07. The van der Waals surface area contributed by atoms with E-state index in [1.807, 2.05) is 6.07 Å². The van der Waals surface area contributed by atoms with Gasteiger partial charge >= 0.3 is 0 Å². The van der Waals surface area contributed by atoms with Crippen molar-refractivity contribution in [3.05, 3.63) is 53.9 Å². The maximum Gasteiger partial charge on any atom is 0.274 e. The van der Waals surface area contributed by atoms with Crippen molar-refractivity contribution < 1.29 is 9.53 Å². The number of pyridine rings is 1. The highest BCUT2D eigenvalue weighted by molar-refractivity contribution is 6.02. The third-order valence-electron chi connectivity index (χ3n) is 2.42. The van der Waals surface area contributed by atoms with Crippen LogP contribution >= 0.6 is 0 Å². The lowest BCUT2D eigenvalue weighted by Crippen LogP contribution is -2.14. The molecule has 0 saturated heterocycles. The summed E-state index contributed by atoms with van der Waals surface area (Å²) in [4.78, 5) is 15.9. The Bertz CT molecular complexity index is 647.